The van der Waals surface area contributed by atoms with Crippen LogP contribution in [0.1, 0.15) is 11.5 Å². The van der Waals surface area contributed by atoms with Gasteiger partial charge in [0, 0.05) is 12.4 Å². The highest BCUT2D eigenvalue weighted by Gasteiger charge is 2.31. The van der Waals surface area contributed by atoms with Gasteiger partial charge in [-0.05, 0) is 29.8 Å². The number of methoxy groups -OCH3 is 1. The van der Waals surface area contributed by atoms with Crippen LogP contribution in [0.5, 0.6) is 5.75 Å². The Bertz CT molecular complexity index is 638. The second kappa shape index (κ2) is 5.13. The lowest BCUT2D eigenvalue weighted by Gasteiger charge is -2.13. The molecule has 3 rings (SSSR count). The van der Waals surface area contributed by atoms with Crippen molar-refractivity contribution in [3.8, 4) is 5.75 Å². The number of benzene rings is 1. The number of hydrogen-bond donors (Lipinski definition) is 0. The van der Waals surface area contributed by atoms with Crippen LogP contribution in [0.15, 0.2) is 53.8 Å². The topological polar surface area (TPSA) is 54.8 Å². The molecule has 2 aromatic rings. The molecule has 1 aromatic carbocycles. The summed E-state index contributed by atoms with van der Waals surface area (Å²) < 4.78 is 5.11. The largest absolute Gasteiger partial charge is 0.497 e. The van der Waals surface area contributed by atoms with E-state index in [-0.39, 0.29) is 11.8 Å². The lowest BCUT2D eigenvalue weighted by Crippen LogP contribution is -2.25. The first-order valence-electron chi connectivity index (χ1n) is 6.22. The van der Waals surface area contributed by atoms with Gasteiger partial charge in [0.25, 0.3) is 5.91 Å². The van der Waals surface area contributed by atoms with E-state index < -0.39 is 0 Å². The maximum Gasteiger partial charge on any atom is 0.261 e. The fourth-order valence-electron chi connectivity index (χ4n) is 2.08. The second-order valence-electron chi connectivity index (χ2n) is 4.35. The molecular weight excluding hydrogens is 254 g/mol. The first-order valence-corrected chi connectivity index (χ1v) is 6.22. The van der Waals surface area contributed by atoms with Gasteiger partial charge in [-0.25, -0.2) is 4.98 Å². The number of ether oxygens (including phenoxy) is 1. The molecule has 2 heterocycles. The number of amides is 1. The molecule has 1 aliphatic rings. The van der Waals surface area contributed by atoms with E-state index in [1.54, 1.807) is 31.7 Å². The number of anilines is 1. The molecule has 0 fully saturated rings. The van der Waals surface area contributed by atoms with Crippen molar-refractivity contribution in [2.75, 3.05) is 12.1 Å². The van der Waals surface area contributed by atoms with Gasteiger partial charge in [-0.2, -0.15) is 10.1 Å². The quantitative estimate of drug-likeness (QED) is 0.856. The minimum absolute atomic E-state index is 0.103. The molecule has 5 heteroatoms. The van der Waals surface area contributed by atoms with Crippen LogP contribution in [-0.4, -0.2) is 24.2 Å². The third kappa shape index (κ3) is 2.14. The highest BCUT2D eigenvalue weighted by molar-refractivity contribution is 6.11. The summed E-state index contributed by atoms with van der Waals surface area (Å²) in [7, 11) is 1.61. The molecule has 1 unspecified atom stereocenters. The monoisotopic (exact) mass is 267 g/mol. The zero-order valence-electron chi connectivity index (χ0n) is 10.9. The van der Waals surface area contributed by atoms with Crippen LogP contribution in [0, 0.1) is 0 Å². The van der Waals surface area contributed by atoms with Crippen LogP contribution >= 0.6 is 0 Å². The molecule has 1 amide bonds. The summed E-state index contributed by atoms with van der Waals surface area (Å²) in [4.78, 5) is 16.5. The van der Waals surface area contributed by atoms with E-state index in [0.29, 0.717) is 5.82 Å². The van der Waals surface area contributed by atoms with Crippen molar-refractivity contribution >= 4 is 17.9 Å². The van der Waals surface area contributed by atoms with Crippen LogP contribution < -0.4 is 9.75 Å². The predicted molar refractivity (Wildman–Crippen MR) is 76.0 cm³/mol. The number of carbonyl (C=O) groups is 1. The molecule has 1 aromatic heterocycles. The van der Waals surface area contributed by atoms with E-state index in [4.69, 9.17) is 4.74 Å². The second-order valence-corrected chi connectivity index (χ2v) is 4.35. The Hall–Kier alpha value is -2.69. The lowest BCUT2D eigenvalue weighted by atomic mass is 10.00. The van der Waals surface area contributed by atoms with Gasteiger partial charge in [0.05, 0.1) is 7.11 Å². The standard InChI is InChI=1S/C15H13N3O2/c1-20-12-7-5-11(6-8-12)13-10-17-18(15(13)19)14-4-2-3-9-16-14/h2-10,13H,1H3. The Morgan fingerprint density at radius 2 is 1.95 bits per heavy atom. The number of hydrogen-bond acceptors (Lipinski definition) is 4. The van der Waals surface area contributed by atoms with Crippen molar-refractivity contribution in [1.29, 1.82) is 0 Å². The van der Waals surface area contributed by atoms with Crippen molar-refractivity contribution in [1.82, 2.24) is 4.98 Å². The molecule has 1 aliphatic heterocycles. The predicted octanol–water partition coefficient (Wildman–Crippen LogP) is 2.21. The van der Waals surface area contributed by atoms with Gasteiger partial charge in [-0.1, -0.05) is 18.2 Å². The van der Waals surface area contributed by atoms with E-state index in [9.17, 15) is 4.79 Å². The number of pyridine rings is 1. The number of hydrazone groups is 1. The minimum atomic E-state index is -0.372. The number of aromatic nitrogens is 1. The first-order chi connectivity index (χ1) is 9.79. The van der Waals surface area contributed by atoms with Crippen LogP contribution in [-0.2, 0) is 4.79 Å². The summed E-state index contributed by atoms with van der Waals surface area (Å²) in [5.41, 5.74) is 0.887. The Balaban J connectivity index is 1.84. The van der Waals surface area contributed by atoms with Gasteiger partial charge in [0.1, 0.15) is 11.7 Å². The summed E-state index contributed by atoms with van der Waals surface area (Å²) in [6.07, 6.45) is 3.28. The Kier molecular flexibility index (Phi) is 3.16. The Morgan fingerprint density at radius 1 is 1.15 bits per heavy atom. The normalized spacial score (nSPS) is 17.6. The Morgan fingerprint density at radius 3 is 2.60 bits per heavy atom. The summed E-state index contributed by atoms with van der Waals surface area (Å²) in [6, 6.07) is 12.8. The van der Waals surface area contributed by atoms with Crippen molar-refractivity contribution in [3.05, 3.63) is 54.2 Å². The molecule has 0 saturated heterocycles. The fraction of sp³-hybridized carbons (Fsp3) is 0.133. The molecule has 0 radical (unpaired) electrons. The van der Waals surface area contributed by atoms with Gasteiger partial charge in [0.15, 0.2) is 5.82 Å². The fourth-order valence-corrected chi connectivity index (χ4v) is 2.08. The highest BCUT2D eigenvalue weighted by Crippen LogP contribution is 2.26. The van der Waals surface area contributed by atoms with Crippen molar-refractivity contribution in [2.45, 2.75) is 5.92 Å². The van der Waals surface area contributed by atoms with E-state index in [1.807, 2.05) is 30.3 Å². The summed E-state index contributed by atoms with van der Waals surface area (Å²) in [6.45, 7) is 0. The summed E-state index contributed by atoms with van der Waals surface area (Å²) >= 11 is 0. The molecule has 20 heavy (non-hydrogen) atoms. The van der Waals surface area contributed by atoms with E-state index >= 15 is 0 Å². The average molecular weight is 267 g/mol. The number of carbonyl (C=O) groups excluding carboxylic acids is 1. The third-order valence-corrected chi connectivity index (χ3v) is 3.15. The van der Waals surface area contributed by atoms with Gasteiger partial charge < -0.3 is 4.74 Å². The maximum atomic E-state index is 12.4. The van der Waals surface area contributed by atoms with Crippen LogP contribution in [0.2, 0.25) is 0 Å². The van der Waals surface area contributed by atoms with Crippen molar-refractivity contribution in [2.24, 2.45) is 5.10 Å². The van der Waals surface area contributed by atoms with E-state index in [2.05, 4.69) is 10.1 Å². The number of rotatable bonds is 3. The van der Waals surface area contributed by atoms with Gasteiger partial charge in [-0.3, -0.25) is 4.79 Å². The molecule has 0 N–H and O–H groups in total. The van der Waals surface area contributed by atoms with Crippen LogP contribution in [0.3, 0.4) is 0 Å². The van der Waals surface area contributed by atoms with Crippen LogP contribution in [0.4, 0.5) is 5.82 Å². The van der Waals surface area contributed by atoms with Crippen LogP contribution in [0.25, 0.3) is 0 Å². The highest BCUT2D eigenvalue weighted by atomic mass is 16.5. The summed E-state index contributed by atoms with van der Waals surface area (Å²) in [5.74, 6) is 0.819. The SMILES string of the molecule is COc1ccc(C2C=NN(c3ccccn3)C2=O)cc1. The molecule has 100 valence electrons. The summed E-state index contributed by atoms with van der Waals surface area (Å²) in [5, 5.41) is 5.48. The van der Waals surface area contributed by atoms with Crippen molar-refractivity contribution < 1.29 is 9.53 Å². The van der Waals surface area contributed by atoms with Crippen molar-refractivity contribution in [3.63, 3.8) is 0 Å². The maximum absolute atomic E-state index is 12.4. The number of nitrogens with zero attached hydrogens (tertiary/aromatic N) is 3. The average Bonchev–Trinajstić information content (AvgIpc) is 2.90. The smallest absolute Gasteiger partial charge is 0.261 e. The third-order valence-electron chi connectivity index (χ3n) is 3.15. The molecule has 0 aliphatic carbocycles. The zero-order chi connectivity index (χ0) is 13.9. The minimum Gasteiger partial charge on any atom is -0.497 e. The Labute approximate surface area is 116 Å². The molecule has 5 nitrogen and oxygen atoms in total. The van der Waals surface area contributed by atoms with Gasteiger partial charge in [0.2, 0.25) is 0 Å². The molecule has 1 atom stereocenters. The first kappa shape index (κ1) is 12.3. The molecular formula is C15H13N3O2. The molecule has 0 saturated carbocycles. The van der Waals surface area contributed by atoms with E-state index in [1.165, 1.54) is 5.01 Å². The molecule has 0 bridgehead atoms. The zero-order valence-corrected chi connectivity index (χ0v) is 10.9. The molecule has 0 spiro atoms. The van der Waals surface area contributed by atoms with E-state index in [0.717, 1.165) is 11.3 Å². The lowest BCUT2D eigenvalue weighted by molar-refractivity contribution is -0.118. The van der Waals surface area contributed by atoms with Gasteiger partial charge in [-0.15, -0.1) is 0 Å². The van der Waals surface area contributed by atoms with Gasteiger partial charge >= 0.3 is 0 Å².